The third kappa shape index (κ3) is 3.85. The number of benzene rings is 3. The molecule has 3 aromatic carbocycles. The third-order valence-electron chi connectivity index (χ3n) is 5.54. The number of hydrogen-bond donors (Lipinski definition) is 2. The fourth-order valence-corrected chi connectivity index (χ4v) is 4.01. The molecule has 154 valence electrons. The summed E-state index contributed by atoms with van der Waals surface area (Å²) in [4.78, 5) is 14.6. The quantitative estimate of drug-likeness (QED) is 0.557. The Kier molecular flexibility index (Phi) is 5.40. The van der Waals surface area contributed by atoms with Crippen LogP contribution in [-0.2, 0) is 11.2 Å². The molecule has 2 atom stereocenters. The first kappa shape index (κ1) is 19.9. The molecule has 1 aliphatic heterocycles. The van der Waals surface area contributed by atoms with Crippen molar-refractivity contribution in [2.45, 2.75) is 25.3 Å². The van der Waals surface area contributed by atoms with Crippen molar-refractivity contribution in [2.75, 3.05) is 4.90 Å². The highest BCUT2D eigenvalue weighted by atomic mass is 19.1. The third-order valence-corrected chi connectivity index (χ3v) is 5.54. The number of nitrogens with zero attached hydrogens (tertiary/aromatic N) is 1. The highest BCUT2D eigenvalue weighted by molar-refractivity contribution is 6.03. The van der Waals surface area contributed by atoms with Crippen LogP contribution in [0.2, 0.25) is 0 Å². The van der Waals surface area contributed by atoms with E-state index in [2.05, 4.69) is 0 Å². The smallest absolute Gasteiger partial charge is 0.233 e. The molecule has 0 aliphatic carbocycles. The highest BCUT2D eigenvalue weighted by Crippen LogP contribution is 2.46. The van der Waals surface area contributed by atoms with Crippen molar-refractivity contribution in [1.29, 1.82) is 0 Å². The Morgan fingerprint density at radius 2 is 1.60 bits per heavy atom. The Balaban J connectivity index is 1.52. The number of hydrogen-bond acceptors (Lipinski definition) is 3. The second kappa shape index (κ2) is 8.14. The average Bonchev–Trinajstić information content (AvgIpc) is 2.74. The maximum absolute atomic E-state index is 13.3. The van der Waals surface area contributed by atoms with Crippen molar-refractivity contribution in [3.63, 3.8) is 0 Å². The fourth-order valence-electron chi connectivity index (χ4n) is 4.01. The molecule has 3 aromatic rings. The van der Waals surface area contributed by atoms with Gasteiger partial charge in [0.05, 0.1) is 12.0 Å². The summed E-state index contributed by atoms with van der Waals surface area (Å²) in [6, 6.07) is 16.6. The van der Waals surface area contributed by atoms with E-state index in [-0.39, 0.29) is 35.2 Å². The van der Waals surface area contributed by atoms with Gasteiger partial charge in [-0.25, -0.2) is 8.78 Å². The standard InChI is InChI=1S/C24H21F2NO3/c25-17-7-9-18(10-8-17)27-23(16-5-11-19(28)12-6-16)20(24(27)30)3-1-2-15-4-13-21(26)22(29)14-15/h4-14,20,23,28-29H,1-3H2/t20-,23-/m1/s1. The van der Waals surface area contributed by atoms with Crippen LogP contribution in [0.1, 0.15) is 30.0 Å². The molecule has 0 aromatic heterocycles. The number of phenolic OH excluding ortho intramolecular Hbond substituents is 2. The predicted octanol–water partition coefficient (Wildman–Crippen LogP) is 5.10. The molecule has 0 unspecified atom stereocenters. The van der Waals surface area contributed by atoms with Crippen LogP contribution in [0.5, 0.6) is 11.5 Å². The Morgan fingerprint density at radius 3 is 2.27 bits per heavy atom. The minimum Gasteiger partial charge on any atom is -0.508 e. The first-order valence-corrected chi connectivity index (χ1v) is 9.79. The van der Waals surface area contributed by atoms with Crippen molar-refractivity contribution in [2.24, 2.45) is 5.92 Å². The van der Waals surface area contributed by atoms with E-state index >= 15 is 0 Å². The summed E-state index contributed by atoms with van der Waals surface area (Å²) in [5.41, 5.74) is 2.32. The molecular formula is C24H21F2NO3. The predicted molar refractivity (Wildman–Crippen MR) is 109 cm³/mol. The zero-order valence-corrected chi connectivity index (χ0v) is 16.1. The molecular weight excluding hydrogens is 388 g/mol. The molecule has 1 aliphatic rings. The van der Waals surface area contributed by atoms with Crippen LogP contribution in [0, 0.1) is 17.6 Å². The second-order valence-corrected chi connectivity index (χ2v) is 7.51. The summed E-state index contributed by atoms with van der Waals surface area (Å²) in [5, 5.41) is 19.1. The lowest BCUT2D eigenvalue weighted by atomic mass is 9.78. The van der Waals surface area contributed by atoms with Gasteiger partial charge < -0.3 is 15.1 Å². The van der Waals surface area contributed by atoms with Gasteiger partial charge in [0.1, 0.15) is 11.6 Å². The van der Waals surface area contributed by atoms with E-state index in [1.165, 1.54) is 24.3 Å². The lowest BCUT2D eigenvalue weighted by Gasteiger charge is -2.47. The number of β-lactam (4-membered cyclic amide) rings is 1. The number of aromatic hydroxyl groups is 2. The van der Waals surface area contributed by atoms with E-state index in [0.717, 1.165) is 11.1 Å². The first-order chi connectivity index (χ1) is 14.4. The van der Waals surface area contributed by atoms with E-state index in [1.807, 2.05) is 0 Å². The van der Waals surface area contributed by atoms with Gasteiger partial charge in [-0.2, -0.15) is 0 Å². The van der Waals surface area contributed by atoms with Gasteiger partial charge in [0, 0.05) is 5.69 Å². The number of amides is 1. The molecule has 0 radical (unpaired) electrons. The zero-order chi connectivity index (χ0) is 21.3. The van der Waals surface area contributed by atoms with Crippen molar-refractivity contribution in [3.8, 4) is 11.5 Å². The molecule has 0 saturated carbocycles. The van der Waals surface area contributed by atoms with E-state index in [4.69, 9.17) is 0 Å². The topological polar surface area (TPSA) is 60.8 Å². The van der Waals surface area contributed by atoms with Crippen molar-refractivity contribution >= 4 is 11.6 Å². The fraction of sp³-hybridized carbons (Fsp3) is 0.208. The van der Waals surface area contributed by atoms with E-state index < -0.39 is 5.82 Å². The van der Waals surface area contributed by atoms with Gasteiger partial charge in [-0.1, -0.05) is 18.2 Å². The number of rotatable bonds is 6. The van der Waals surface area contributed by atoms with Crippen LogP contribution in [0.4, 0.5) is 14.5 Å². The molecule has 4 rings (SSSR count). The number of phenols is 2. The summed E-state index contributed by atoms with van der Waals surface area (Å²) in [6.45, 7) is 0. The van der Waals surface area contributed by atoms with Crippen molar-refractivity contribution in [1.82, 2.24) is 0 Å². The number of aryl methyl sites for hydroxylation is 1. The number of carbonyl (C=O) groups excluding carboxylic acids is 1. The highest BCUT2D eigenvalue weighted by Gasteiger charge is 2.48. The zero-order valence-electron chi connectivity index (χ0n) is 16.1. The Morgan fingerprint density at radius 1 is 0.900 bits per heavy atom. The summed E-state index contributed by atoms with van der Waals surface area (Å²) in [6.07, 6.45) is 1.91. The van der Waals surface area contributed by atoms with Crippen molar-refractivity contribution < 1.29 is 23.8 Å². The molecule has 6 heteroatoms. The van der Waals surface area contributed by atoms with E-state index in [9.17, 15) is 23.8 Å². The lowest BCUT2D eigenvalue weighted by Crippen LogP contribution is -2.55. The summed E-state index contributed by atoms with van der Waals surface area (Å²) in [7, 11) is 0. The molecule has 4 nitrogen and oxygen atoms in total. The summed E-state index contributed by atoms with van der Waals surface area (Å²) in [5.74, 6) is -1.56. The van der Waals surface area contributed by atoms with Crippen molar-refractivity contribution in [3.05, 3.63) is 89.5 Å². The summed E-state index contributed by atoms with van der Waals surface area (Å²) < 4.78 is 26.5. The maximum Gasteiger partial charge on any atom is 0.233 e. The second-order valence-electron chi connectivity index (χ2n) is 7.51. The Bertz CT molecular complexity index is 1050. The largest absolute Gasteiger partial charge is 0.508 e. The Hall–Kier alpha value is -3.41. The van der Waals surface area contributed by atoms with Gasteiger partial charge in [0.25, 0.3) is 0 Å². The average molecular weight is 409 g/mol. The van der Waals surface area contributed by atoms with Crippen LogP contribution in [0.25, 0.3) is 0 Å². The molecule has 0 bridgehead atoms. The summed E-state index contributed by atoms with van der Waals surface area (Å²) >= 11 is 0. The first-order valence-electron chi connectivity index (χ1n) is 9.79. The van der Waals surface area contributed by atoms with Crippen LogP contribution in [-0.4, -0.2) is 16.1 Å². The van der Waals surface area contributed by atoms with Crippen LogP contribution >= 0.6 is 0 Å². The molecule has 30 heavy (non-hydrogen) atoms. The number of anilines is 1. The normalized spacial score (nSPS) is 18.3. The molecule has 1 heterocycles. The SMILES string of the molecule is O=C1[C@H](CCCc2ccc(F)c(O)c2)[C@@H](c2ccc(O)cc2)N1c1ccc(F)cc1. The molecule has 1 fully saturated rings. The van der Waals surface area contributed by atoms with Crippen LogP contribution in [0.15, 0.2) is 66.7 Å². The van der Waals surface area contributed by atoms with Crippen LogP contribution < -0.4 is 4.90 Å². The number of carbonyl (C=O) groups is 1. The maximum atomic E-state index is 13.3. The van der Waals surface area contributed by atoms with Gasteiger partial charge in [-0.05, 0) is 78.9 Å². The molecule has 2 N–H and O–H groups in total. The molecule has 1 saturated heterocycles. The van der Waals surface area contributed by atoms with Gasteiger partial charge in [-0.3, -0.25) is 4.79 Å². The molecule has 0 spiro atoms. The van der Waals surface area contributed by atoms with Gasteiger partial charge in [0.15, 0.2) is 11.6 Å². The Labute approximate surface area is 173 Å². The number of halogens is 2. The van der Waals surface area contributed by atoms with Gasteiger partial charge in [-0.15, -0.1) is 0 Å². The van der Waals surface area contributed by atoms with Crippen LogP contribution in [0.3, 0.4) is 0 Å². The van der Waals surface area contributed by atoms with E-state index in [0.29, 0.717) is 24.9 Å². The minimum absolute atomic E-state index is 0.0402. The van der Waals surface area contributed by atoms with Gasteiger partial charge in [0.2, 0.25) is 5.91 Å². The lowest BCUT2D eigenvalue weighted by molar-refractivity contribution is -0.130. The minimum atomic E-state index is -0.657. The van der Waals surface area contributed by atoms with Gasteiger partial charge >= 0.3 is 0 Å². The molecule has 1 amide bonds. The monoisotopic (exact) mass is 409 g/mol. The van der Waals surface area contributed by atoms with E-state index in [1.54, 1.807) is 47.4 Å².